The van der Waals surface area contributed by atoms with Crippen molar-refractivity contribution in [1.82, 2.24) is 4.90 Å². The van der Waals surface area contributed by atoms with Crippen molar-refractivity contribution in [2.75, 3.05) is 18.8 Å². The summed E-state index contributed by atoms with van der Waals surface area (Å²) in [6.45, 7) is 6.78. The Hall–Kier alpha value is -1.29. The van der Waals surface area contributed by atoms with E-state index in [1.165, 1.54) is 11.3 Å². The zero-order valence-corrected chi connectivity index (χ0v) is 9.01. The summed E-state index contributed by atoms with van der Waals surface area (Å²) in [5.74, 6) is -0.0140. The van der Waals surface area contributed by atoms with Crippen LogP contribution in [0.15, 0.2) is 24.1 Å². The fourth-order valence-corrected chi connectivity index (χ4v) is 1.93. The topological polar surface area (TPSA) is 46.3 Å². The number of nitrogen functional groups attached to an aromatic ring is 1. The van der Waals surface area contributed by atoms with Gasteiger partial charge < -0.3 is 10.6 Å². The van der Waals surface area contributed by atoms with Crippen molar-refractivity contribution in [3.8, 4) is 0 Å². The molecule has 0 aromatic carbocycles. The zero-order valence-electron chi connectivity index (χ0n) is 8.19. The number of thiophene rings is 1. The second kappa shape index (κ2) is 4.81. The van der Waals surface area contributed by atoms with Gasteiger partial charge in [-0.15, -0.1) is 17.9 Å². The van der Waals surface area contributed by atoms with E-state index < -0.39 is 0 Å². The average molecular weight is 210 g/mol. The van der Waals surface area contributed by atoms with Crippen LogP contribution in [0.2, 0.25) is 0 Å². The molecule has 1 aromatic rings. The number of anilines is 1. The third-order valence-corrected chi connectivity index (χ3v) is 2.83. The Morgan fingerprint density at radius 3 is 2.93 bits per heavy atom. The van der Waals surface area contributed by atoms with Gasteiger partial charge in [0.2, 0.25) is 0 Å². The van der Waals surface area contributed by atoms with Crippen molar-refractivity contribution in [2.45, 2.75) is 6.92 Å². The number of nitrogens with two attached hydrogens (primary N) is 1. The molecule has 0 unspecified atom stereocenters. The van der Waals surface area contributed by atoms with E-state index in [-0.39, 0.29) is 5.91 Å². The molecule has 0 aliphatic carbocycles. The molecule has 1 amide bonds. The lowest BCUT2D eigenvalue weighted by molar-refractivity contribution is 0.0788. The molecule has 0 bridgehead atoms. The number of carbonyl (C=O) groups excluding carboxylic acids is 1. The van der Waals surface area contributed by atoms with E-state index in [0.717, 1.165) is 0 Å². The van der Waals surface area contributed by atoms with Gasteiger partial charge in [0.15, 0.2) is 0 Å². The summed E-state index contributed by atoms with van der Waals surface area (Å²) in [6, 6.07) is 1.75. The molecular formula is C10H14N2OS. The zero-order chi connectivity index (χ0) is 10.6. The number of likely N-dealkylation sites (N-methyl/N-ethyl adjacent to an activating group) is 1. The molecule has 3 nitrogen and oxygen atoms in total. The van der Waals surface area contributed by atoms with E-state index >= 15 is 0 Å². The molecule has 1 aromatic heterocycles. The molecule has 0 atom stereocenters. The van der Waals surface area contributed by atoms with E-state index in [9.17, 15) is 4.79 Å². The molecule has 1 heterocycles. The van der Waals surface area contributed by atoms with Crippen LogP contribution in [-0.2, 0) is 0 Å². The molecule has 0 saturated carbocycles. The van der Waals surface area contributed by atoms with Gasteiger partial charge in [-0.25, -0.2) is 0 Å². The smallest absolute Gasteiger partial charge is 0.266 e. The maximum Gasteiger partial charge on any atom is 0.266 e. The Bertz CT molecular complexity index is 333. The normalized spacial score (nSPS) is 9.79. The van der Waals surface area contributed by atoms with Crippen molar-refractivity contribution < 1.29 is 4.79 Å². The Labute approximate surface area is 87.8 Å². The number of amides is 1. The van der Waals surface area contributed by atoms with Gasteiger partial charge in [-0.05, 0) is 18.4 Å². The molecule has 0 radical (unpaired) electrons. The standard InChI is InChI=1S/C10H14N2OS/c1-3-6-12(4-2)10(13)9-8(11)5-7-14-9/h3,5,7H,1,4,6,11H2,2H3. The summed E-state index contributed by atoms with van der Waals surface area (Å²) in [4.78, 5) is 14.2. The summed E-state index contributed by atoms with van der Waals surface area (Å²) >= 11 is 1.38. The second-order valence-corrected chi connectivity index (χ2v) is 3.75. The van der Waals surface area contributed by atoms with Crippen LogP contribution in [0, 0.1) is 0 Å². The third kappa shape index (κ3) is 2.14. The van der Waals surface area contributed by atoms with E-state index in [0.29, 0.717) is 23.7 Å². The SMILES string of the molecule is C=CCN(CC)C(=O)c1sccc1N. The van der Waals surface area contributed by atoms with Crippen molar-refractivity contribution >= 4 is 22.9 Å². The lowest BCUT2D eigenvalue weighted by atomic mass is 10.3. The molecule has 0 aliphatic heterocycles. The molecule has 2 N–H and O–H groups in total. The Morgan fingerprint density at radius 2 is 2.50 bits per heavy atom. The van der Waals surface area contributed by atoms with Gasteiger partial charge in [0.25, 0.3) is 5.91 Å². The predicted molar refractivity (Wildman–Crippen MR) is 60.5 cm³/mol. The first-order valence-electron chi connectivity index (χ1n) is 4.43. The van der Waals surface area contributed by atoms with Gasteiger partial charge >= 0.3 is 0 Å². The minimum absolute atomic E-state index is 0.0140. The summed E-state index contributed by atoms with van der Waals surface area (Å²) in [5, 5.41) is 1.82. The summed E-state index contributed by atoms with van der Waals surface area (Å²) in [6.07, 6.45) is 1.71. The van der Waals surface area contributed by atoms with Crippen LogP contribution in [0.3, 0.4) is 0 Å². The van der Waals surface area contributed by atoms with Crippen LogP contribution >= 0.6 is 11.3 Å². The quantitative estimate of drug-likeness (QED) is 0.772. The van der Waals surface area contributed by atoms with E-state index in [4.69, 9.17) is 5.73 Å². The fraction of sp³-hybridized carbons (Fsp3) is 0.300. The largest absolute Gasteiger partial charge is 0.397 e. The lowest BCUT2D eigenvalue weighted by Gasteiger charge is -2.18. The number of hydrogen-bond donors (Lipinski definition) is 1. The Balaban J connectivity index is 2.82. The molecule has 76 valence electrons. The average Bonchev–Trinajstić information content (AvgIpc) is 2.59. The molecule has 0 saturated heterocycles. The van der Waals surface area contributed by atoms with Crippen molar-refractivity contribution in [1.29, 1.82) is 0 Å². The van der Waals surface area contributed by atoms with Crippen molar-refractivity contribution in [2.24, 2.45) is 0 Å². The fourth-order valence-electron chi connectivity index (χ4n) is 1.15. The van der Waals surface area contributed by atoms with Crippen LogP contribution in [0.4, 0.5) is 5.69 Å². The highest BCUT2D eigenvalue weighted by Crippen LogP contribution is 2.20. The van der Waals surface area contributed by atoms with Gasteiger partial charge in [-0.1, -0.05) is 6.08 Å². The van der Waals surface area contributed by atoms with Crippen LogP contribution < -0.4 is 5.73 Å². The van der Waals surface area contributed by atoms with Crippen LogP contribution in [0.5, 0.6) is 0 Å². The van der Waals surface area contributed by atoms with Crippen molar-refractivity contribution in [3.63, 3.8) is 0 Å². The van der Waals surface area contributed by atoms with E-state index in [1.807, 2.05) is 12.3 Å². The van der Waals surface area contributed by atoms with Gasteiger partial charge in [0.05, 0.1) is 5.69 Å². The highest BCUT2D eigenvalue weighted by Gasteiger charge is 2.16. The third-order valence-electron chi connectivity index (χ3n) is 1.91. The minimum atomic E-state index is -0.0140. The van der Waals surface area contributed by atoms with Crippen LogP contribution in [0.25, 0.3) is 0 Å². The Kier molecular flexibility index (Phi) is 3.71. The maximum absolute atomic E-state index is 11.9. The number of carbonyl (C=O) groups is 1. The first-order valence-corrected chi connectivity index (χ1v) is 5.31. The monoisotopic (exact) mass is 210 g/mol. The summed E-state index contributed by atoms with van der Waals surface area (Å²) in [7, 11) is 0. The van der Waals surface area contributed by atoms with Gasteiger partial charge in [-0.3, -0.25) is 4.79 Å². The molecule has 4 heteroatoms. The second-order valence-electron chi connectivity index (χ2n) is 2.84. The van der Waals surface area contributed by atoms with E-state index in [2.05, 4.69) is 6.58 Å². The number of nitrogens with zero attached hydrogens (tertiary/aromatic N) is 1. The van der Waals surface area contributed by atoms with Crippen molar-refractivity contribution in [3.05, 3.63) is 29.0 Å². The summed E-state index contributed by atoms with van der Waals surface area (Å²) in [5.41, 5.74) is 6.23. The summed E-state index contributed by atoms with van der Waals surface area (Å²) < 4.78 is 0. The molecule has 0 fully saturated rings. The first-order chi connectivity index (χ1) is 6.70. The van der Waals surface area contributed by atoms with Crippen LogP contribution in [0.1, 0.15) is 16.6 Å². The van der Waals surface area contributed by atoms with Gasteiger partial charge in [-0.2, -0.15) is 0 Å². The molecule has 14 heavy (non-hydrogen) atoms. The number of hydrogen-bond acceptors (Lipinski definition) is 3. The minimum Gasteiger partial charge on any atom is -0.397 e. The molecule has 1 rings (SSSR count). The highest BCUT2D eigenvalue weighted by molar-refractivity contribution is 7.12. The first kappa shape index (κ1) is 10.8. The predicted octanol–water partition coefficient (Wildman–Crippen LogP) is 1.98. The van der Waals surface area contributed by atoms with Gasteiger partial charge in [0, 0.05) is 13.1 Å². The molecule has 0 spiro atoms. The Morgan fingerprint density at radius 1 is 1.79 bits per heavy atom. The molecule has 0 aliphatic rings. The number of rotatable bonds is 4. The highest BCUT2D eigenvalue weighted by atomic mass is 32.1. The maximum atomic E-state index is 11.9. The lowest BCUT2D eigenvalue weighted by Crippen LogP contribution is -2.30. The van der Waals surface area contributed by atoms with Gasteiger partial charge in [0.1, 0.15) is 4.88 Å². The molecular weight excluding hydrogens is 196 g/mol. The van der Waals surface area contributed by atoms with E-state index in [1.54, 1.807) is 17.0 Å². The van der Waals surface area contributed by atoms with Crippen LogP contribution in [-0.4, -0.2) is 23.9 Å².